The molecule has 1 amide bonds. The van der Waals surface area contributed by atoms with E-state index in [-0.39, 0.29) is 5.91 Å². The second-order valence-corrected chi connectivity index (χ2v) is 3.79. The number of rotatable bonds is 5. The first-order valence-corrected chi connectivity index (χ1v) is 5.50. The fourth-order valence-corrected chi connectivity index (χ4v) is 1.31. The molecule has 0 saturated heterocycles. The van der Waals surface area contributed by atoms with E-state index in [1.165, 1.54) is 7.11 Å². The number of hydrogen-bond donors (Lipinski definition) is 1. The minimum Gasteiger partial charge on any atom is -0.488 e. The first-order chi connectivity index (χ1) is 7.72. The van der Waals surface area contributed by atoms with Gasteiger partial charge in [-0.05, 0) is 24.2 Å². The summed E-state index contributed by atoms with van der Waals surface area (Å²) in [5, 5.41) is 3.09. The van der Waals surface area contributed by atoms with Crippen molar-refractivity contribution in [1.82, 2.24) is 5.32 Å². The second kappa shape index (κ2) is 6.95. The van der Waals surface area contributed by atoms with Gasteiger partial charge in [-0.15, -0.1) is 0 Å². The molecule has 1 rings (SSSR count). The number of aryl methyl sites for hydroxylation is 1. The van der Waals surface area contributed by atoms with Crippen LogP contribution in [-0.4, -0.2) is 24.6 Å². The number of thiocarbonyl (C=S) groups is 1. The molecular weight excluding hydrogens is 222 g/mol. The number of carbonyl (C=O) groups is 1. The Kier molecular flexibility index (Phi) is 5.50. The van der Waals surface area contributed by atoms with Gasteiger partial charge in [0.05, 0.1) is 13.7 Å². The minimum absolute atomic E-state index is 0.0109. The van der Waals surface area contributed by atoms with Crippen molar-refractivity contribution in [2.75, 3.05) is 13.7 Å². The van der Waals surface area contributed by atoms with Crippen LogP contribution in [-0.2, 0) is 16.0 Å². The van der Waals surface area contributed by atoms with Gasteiger partial charge in [0.15, 0.2) is 5.05 Å². The van der Waals surface area contributed by atoms with Gasteiger partial charge < -0.3 is 10.1 Å². The summed E-state index contributed by atoms with van der Waals surface area (Å²) in [6, 6.07) is 9.90. The van der Waals surface area contributed by atoms with Gasteiger partial charge in [-0.25, -0.2) is 0 Å². The van der Waals surface area contributed by atoms with Crippen molar-refractivity contribution in [2.24, 2.45) is 0 Å². The van der Waals surface area contributed by atoms with Crippen molar-refractivity contribution >= 4 is 23.2 Å². The maximum absolute atomic E-state index is 11.4. The average molecular weight is 237 g/mol. The van der Waals surface area contributed by atoms with Crippen LogP contribution in [0.25, 0.3) is 0 Å². The highest BCUT2D eigenvalue weighted by Gasteiger charge is 2.03. The molecule has 0 aliphatic carbocycles. The lowest BCUT2D eigenvalue weighted by molar-refractivity contribution is -0.120. The number of methoxy groups -OCH3 is 1. The molecular formula is C12H15NO2S. The molecule has 1 N–H and O–H groups in total. The summed E-state index contributed by atoms with van der Waals surface area (Å²) < 4.78 is 4.78. The molecule has 0 spiro atoms. The van der Waals surface area contributed by atoms with Crippen LogP contribution in [0.1, 0.15) is 12.0 Å². The Balaban J connectivity index is 2.23. The molecule has 0 aromatic heterocycles. The molecule has 0 aliphatic heterocycles. The fraction of sp³-hybridized carbons (Fsp3) is 0.333. The highest BCUT2D eigenvalue weighted by atomic mass is 32.1. The molecule has 16 heavy (non-hydrogen) atoms. The van der Waals surface area contributed by atoms with E-state index in [4.69, 9.17) is 17.0 Å². The van der Waals surface area contributed by atoms with Gasteiger partial charge in [-0.3, -0.25) is 4.79 Å². The number of nitrogens with one attached hydrogen (secondary N) is 1. The summed E-state index contributed by atoms with van der Waals surface area (Å²) in [5.41, 5.74) is 1.16. The van der Waals surface area contributed by atoms with E-state index in [1.54, 1.807) is 0 Å². The predicted octanol–water partition coefficient (Wildman–Crippen LogP) is 1.71. The molecule has 0 aliphatic rings. The van der Waals surface area contributed by atoms with Crippen molar-refractivity contribution in [3.8, 4) is 0 Å². The van der Waals surface area contributed by atoms with E-state index in [9.17, 15) is 4.79 Å². The minimum atomic E-state index is -0.0109. The molecule has 3 nitrogen and oxygen atoms in total. The van der Waals surface area contributed by atoms with E-state index in [0.29, 0.717) is 18.0 Å². The molecule has 0 bridgehead atoms. The van der Waals surface area contributed by atoms with Gasteiger partial charge >= 0.3 is 0 Å². The summed E-state index contributed by atoms with van der Waals surface area (Å²) in [5.74, 6) is -0.0109. The Hall–Kier alpha value is -1.42. The monoisotopic (exact) mass is 237 g/mol. The molecule has 0 fully saturated rings. The first-order valence-electron chi connectivity index (χ1n) is 5.10. The molecule has 1 aromatic carbocycles. The van der Waals surface area contributed by atoms with Gasteiger partial charge in [0, 0.05) is 6.42 Å². The van der Waals surface area contributed by atoms with Crippen LogP contribution >= 0.6 is 12.2 Å². The third kappa shape index (κ3) is 4.89. The predicted molar refractivity (Wildman–Crippen MR) is 67.4 cm³/mol. The SMILES string of the molecule is COC(=S)CNC(=O)CCc1ccccc1. The third-order valence-corrected chi connectivity index (χ3v) is 2.45. The van der Waals surface area contributed by atoms with Crippen molar-refractivity contribution in [3.63, 3.8) is 0 Å². The Morgan fingerprint density at radius 2 is 2.06 bits per heavy atom. The van der Waals surface area contributed by atoms with Crippen LogP contribution in [0, 0.1) is 0 Å². The lowest BCUT2D eigenvalue weighted by Crippen LogP contribution is -2.29. The van der Waals surface area contributed by atoms with Crippen LogP contribution in [0.15, 0.2) is 30.3 Å². The topological polar surface area (TPSA) is 38.3 Å². The van der Waals surface area contributed by atoms with Crippen LogP contribution in [0.3, 0.4) is 0 Å². The first kappa shape index (κ1) is 12.6. The molecule has 0 heterocycles. The average Bonchev–Trinajstić information content (AvgIpc) is 2.34. The zero-order valence-corrected chi connectivity index (χ0v) is 10.0. The van der Waals surface area contributed by atoms with Gasteiger partial charge in [0.25, 0.3) is 0 Å². The number of hydrogen-bond acceptors (Lipinski definition) is 3. The normalized spacial score (nSPS) is 9.56. The number of amides is 1. The van der Waals surface area contributed by atoms with Gasteiger partial charge in [0.2, 0.25) is 5.91 Å². The zero-order valence-electron chi connectivity index (χ0n) is 9.23. The number of benzene rings is 1. The molecule has 0 unspecified atom stereocenters. The Morgan fingerprint density at radius 1 is 1.38 bits per heavy atom. The Morgan fingerprint density at radius 3 is 2.69 bits per heavy atom. The van der Waals surface area contributed by atoms with Gasteiger partial charge in [-0.2, -0.15) is 0 Å². The van der Waals surface area contributed by atoms with Crippen LogP contribution in [0.2, 0.25) is 0 Å². The number of ether oxygens (including phenoxy) is 1. The third-order valence-electron chi connectivity index (χ3n) is 2.14. The fourth-order valence-electron chi connectivity index (χ4n) is 1.23. The molecule has 1 aromatic rings. The molecule has 0 radical (unpaired) electrons. The van der Waals surface area contributed by atoms with Crippen molar-refractivity contribution < 1.29 is 9.53 Å². The second-order valence-electron chi connectivity index (χ2n) is 3.34. The van der Waals surface area contributed by atoms with Crippen molar-refractivity contribution in [2.45, 2.75) is 12.8 Å². The quantitative estimate of drug-likeness (QED) is 0.792. The molecule has 86 valence electrons. The van der Waals surface area contributed by atoms with Crippen LogP contribution in [0.5, 0.6) is 0 Å². The zero-order chi connectivity index (χ0) is 11.8. The van der Waals surface area contributed by atoms with E-state index < -0.39 is 0 Å². The van der Waals surface area contributed by atoms with E-state index in [1.807, 2.05) is 30.3 Å². The summed E-state index contributed by atoms with van der Waals surface area (Å²) in [7, 11) is 1.50. The maximum atomic E-state index is 11.4. The summed E-state index contributed by atoms with van der Waals surface area (Å²) in [6.07, 6.45) is 1.21. The summed E-state index contributed by atoms with van der Waals surface area (Å²) >= 11 is 4.81. The lowest BCUT2D eigenvalue weighted by Gasteiger charge is -2.05. The lowest BCUT2D eigenvalue weighted by atomic mass is 10.1. The molecule has 4 heteroatoms. The molecule has 0 atom stereocenters. The Bertz CT molecular complexity index is 351. The van der Waals surface area contributed by atoms with E-state index in [2.05, 4.69) is 5.32 Å². The highest BCUT2D eigenvalue weighted by molar-refractivity contribution is 7.80. The van der Waals surface area contributed by atoms with E-state index in [0.717, 1.165) is 12.0 Å². The Labute approximate surface area is 101 Å². The van der Waals surface area contributed by atoms with Crippen LogP contribution < -0.4 is 5.32 Å². The highest BCUT2D eigenvalue weighted by Crippen LogP contribution is 2.01. The van der Waals surface area contributed by atoms with Crippen LogP contribution in [0.4, 0.5) is 0 Å². The maximum Gasteiger partial charge on any atom is 0.220 e. The standard InChI is InChI=1S/C12H15NO2S/c1-15-12(16)9-13-11(14)8-7-10-5-3-2-4-6-10/h2-6H,7-9H2,1H3,(H,13,14). The van der Waals surface area contributed by atoms with E-state index >= 15 is 0 Å². The smallest absolute Gasteiger partial charge is 0.220 e. The summed E-state index contributed by atoms with van der Waals surface area (Å²) in [6.45, 7) is 0.305. The van der Waals surface area contributed by atoms with Gasteiger partial charge in [0.1, 0.15) is 0 Å². The van der Waals surface area contributed by atoms with Crippen molar-refractivity contribution in [3.05, 3.63) is 35.9 Å². The summed E-state index contributed by atoms with van der Waals surface area (Å²) in [4.78, 5) is 11.4. The molecule has 0 saturated carbocycles. The van der Waals surface area contributed by atoms with Gasteiger partial charge in [-0.1, -0.05) is 30.3 Å². The largest absolute Gasteiger partial charge is 0.488 e. The van der Waals surface area contributed by atoms with Crippen molar-refractivity contribution in [1.29, 1.82) is 0 Å². The number of carbonyl (C=O) groups excluding carboxylic acids is 1.